The van der Waals surface area contributed by atoms with Crippen LogP contribution in [-0.2, 0) is 19.4 Å². The molecule has 144 valence electrons. The first-order valence-corrected chi connectivity index (χ1v) is 9.25. The van der Waals surface area contributed by atoms with E-state index in [1.807, 2.05) is 4.90 Å². The summed E-state index contributed by atoms with van der Waals surface area (Å²) in [5, 5.41) is 7.40. The van der Waals surface area contributed by atoms with Gasteiger partial charge in [-0.05, 0) is 31.0 Å². The van der Waals surface area contributed by atoms with Crippen molar-refractivity contribution in [2.24, 2.45) is 0 Å². The Balaban J connectivity index is 1.59. The molecule has 0 saturated carbocycles. The molecule has 0 atom stereocenters. The summed E-state index contributed by atoms with van der Waals surface area (Å²) >= 11 is 0. The van der Waals surface area contributed by atoms with Gasteiger partial charge in [-0.25, -0.2) is 4.79 Å². The third-order valence-electron chi connectivity index (χ3n) is 5.19. The highest BCUT2D eigenvalue weighted by Gasteiger charge is 2.25. The second kappa shape index (κ2) is 6.95. The van der Waals surface area contributed by atoms with E-state index in [-0.39, 0.29) is 5.91 Å². The summed E-state index contributed by atoms with van der Waals surface area (Å²) in [5.41, 5.74) is 4.36. The van der Waals surface area contributed by atoms with Crippen LogP contribution in [0.4, 0.5) is 0 Å². The number of nitrogens with one attached hydrogen (secondary N) is 3. The Bertz CT molecular complexity index is 1140. The number of hydrogen-bond donors (Lipinski definition) is 3. The van der Waals surface area contributed by atoms with E-state index in [1.165, 1.54) is 0 Å². The van der Waals surface area contributed by atoms with E-state index in [0.717, 1.165) is 29.8 Å². The monoisotopic (exact) mass is 379 g/mol. The molecule has 0 saturated heterocycles. The van der Waals surface area contributed by atoms with Crippen LogP contribution in [0, 0.1) is 6.92 Å². The maximum atomic E-state index is 12.9. The highest BCUT2D eigenvalue weighted by Crippen LogP contribution is 2.23. The van der Waals surface area contributed by atoms with Crippen molar-refractivity contribution >= 4 is 5.91 Å². The lowest BCUT2D eigenvalue weighted by Gasteiger charge is -2.27. The van der Waals surface area contributed by atoms with E-state index in [4.69, 9.17) is 0 Å². The summed E-state index contributed by atoms with van der Waals surface area (Å²) < 4.78 is 0. The number of carbonyl (C=O) groups is 1. The van der Waals surface area contributed by atoms with Gasteiger partial charge in [0.1, 0.15) is 0 Å². The van der Waals surface area contributed by atoms with Gasteiger partial charge in [0.15, 0.2) is 0 Å². The number of nitrogens with zero attached hydrogens (tertiary/aromatic N) is 2. The van der Waals surface area contributed by atoms with E-state index >= 15 is 0 Å². The zero-order valence-electron chi connectivity index (χ0n) is 15.8. The predicted molar refractivity (Wildman–Crippen MR) is 104 cm³/mol. The second-order valence-corrected chi connectivity index (χ2v) is 6.94. The molecular formula is C20H21N5O3. The first-order valence-electron chi connectivity index (χ1n) is 9.25. The first-order chi connectivity index (χ1) is 13.5. The van der Waals surface area contributed by atoms with Gasteiger partial charge in [0, 0.05) is 42.0 Å². The molecule has 3 aromatic rings. The standard InChI is InChI=1S/C20H21N5O3/c1-3-15-14-10-25(9-8-16(14)24-23-15)19(27)13-6-4-12(5-7-13)17-11(2)21-20(28)22-18(17)26/h4-7H,3,8-10H2,1-2H3,(H,23,24)(H2,21,22,26,28). The van der Waals surface area contributed by atoms with Gasteiger partial charge in [-0.15, -0.1) is 0 Å². The number of aryl methyl sites for hydroxylation is 2. The molecule has 0 aliphatic carbocycles. The fourth-order valence-electron chi connectivity index (χ4n) is 3.73. The quantitative estimate of drug-likeness (QED) is 0.640. The van der Waals surface area contributed by atoms with Gasteiger partial charge in [0.25, 0.3) is 11.5 Å². The van der Waals surface area contributed by atoms with E-state index < -0.39 is 11.2 Å². The second-order valence-electron chi connectivity index (χ2n) is 6.94. The molecule has 8 heteroatoms. The minimum Gasteiger partial charge on any atom is -0.334 e. The van der Waals surface area contributed by atoms with Crippen molar-refractivity contribution < 1.29 is 4.79 Å². The van der Waals surface area contributed by atoms with E-state index in [9.17, 15) is 14.4 Å². The topological polar surface area (TPSA) is 115 Å². The van der Waals surface area contributed by atoms with Crippen LogP contribution in [0.2, 0.25) is 0 Å². The number of hydrogen-bond acceptors (Lipinski definition) is 4. The molecule has 0 radical (unpaired) electrons. The average Bonchev–Trinajstić information content (AvgIpc) is 3.09. The molecule has 1 aliphatic heterocycles. The van der Waals surface area contributed by atoms with Gasteiger partial charge in [-0.1, -0.05) is 19.1 Å². The Morgan fingerprint density at radius 2 is 1.93 bits per heavy atom. The molecule has 0 bridgehead atoms. The summed E-state index contributed by atoms with van der Waals surface area (Å²) in [6.45, 7) is 4.91. The molecule has 8 nitrogen and oxygen atoms in total. The van der Waals surface area contributed by atoms with E-state index in [1.54, 1.807) is 31.2 Å². The number of carbonyl (C=O) groups excluding carboxylic acids is 1. The molecule has 3 heterocycles. The van der Waals surface area contributed by atoms with Crippen LogP contribution in [0.25, 0.3) is 11.1 Å². The smallest absolute Gasteiger partial charge is 0.325 e. The number of benzene rings is 1. The fraction of sp³-hybridized carbons (Fsp3) is 0.300. The molecular weight excluding hydrogens is 358 g/mol. The zero-order chi connectivity index (χ0) is 19.8. The summed E-state index contributed by atoms with van der Waals surface area (Å²) in [6.07, 6.45) is 1.59. The SMILES string of the molecule is CCc1n[nH]c2c1CN(C(=O)c1ccc(-c3c(C)[nH]c(=O)[nH]c3=O)cc1)CC2. The Hall–Kier alpha value is -3.42. The Kier molecular flexibility index (Phi) is 4.46. The maximum Gasteiger partial charge on any atom is 0.325 e. The Morgan fingerprint density at radius 1 is 1.18 bits per heavy atom. The molecule has 3 N–H and O–H groups in total. The van der Waals surface area contributed by atoms with Crippen molar-refractivity contribution in [1.82, 2.24) is 25.1 Å². The Morgan fingerprint density at radius 3 is 2.61 bits per heavy atom. The largest absolute Gasteiger partial charge is 0.334 e. The maximum absolute atomic E-state index is 12.9. The van der Waals surface area contributed by atoms with Crippen LogP contribution in [0.5, 0.6) is 0 Å². The normalized spacial score (nSPS) is 13.4. The van der Waals surface area contributed by atoms with Crippen molar-refractivity contribution in [3.63, 3.8) is 0 Å². The van der Waals surface area contributed by atoms with E-state index in [0.29, 0.717) is 35.5 Å². The molecule has 0 unspecified atom stereocenters. The average molecular weight is 379 g/mol. The first kappa shape index (κ1) is 18.0. The molecule has 28 heavy (non-hydrogen) atoms. The van der Waals surface area contributed by atoms with Crippen molar-refractivity contribution in [3.05, 3.63) is 73.3 Å². The van der Waals surface area contributed by atoms with Gasteiger partial charge in [-0.2, -0.15) is 5.10 Å². The Labute approximate surface area is 160 Å². The molecule has 0 spiro atoms. The number of fused-ring (bicyclic) bond motifs is 1. The van der Waals surface area contributed by atoms with Gasteiger partial charge in [0.2, 0.25) is 0 Å². The number of aromatic amines is 3. The number of rotatable bonds is 3. The van der Waals surface area contributed by atoms with Crippen LogP contribution in [0.1, 0.15) is 39.9 Å². The predicted octanol–water partition coefficient (Wildman–Crippen LogP) is 1.52. The van der Waals surface area contributed by atoms with Crippen LogP contribution >= 0.6 is 0 Å². The van der Waals surface area contributed by atoms with Gasteiger partial charge < -0.3 is 9.88 Å². The van der Waals surface area contributed by atoms with E-state index in [2.05, 4.69) is 27.1 Å². The summed E-state index contributed by atoms with van der Waals surface area (Å²) in [7, 11) is 0. The summed E-state index contributed by atoms with van der Waals surface area (Å²) in [5.74, 6) is -0.0486. The van der Waals surface area contributed by atoms with Crippen molar-refractivity contribution in [3.8, 4) is 11.1 Å². The lowest BCUT2D eigenvalue weighted by atomic mass is 10.0. The van der Waals surface area contributed by atoms with Crippen LogP contribution in [0.15, 0.2) is 33.9 Å². The van der Waals surface area contributed by atoms with Gasteiger partial charge in [0.05, 0.1) is 11.3 Å². The fourth-order valence-corrected chi connectivity index (χ4v) is 3.73. The summed E-state index contributed by atoms with van der Waals surface area (Å²) in [6, 6.07) is 6.89. The molecule has 1 aromatic carbocycles. The van der Waals surface area contributed by atoms with Gasteiger partial charge in [-0.3, -0.25) is 19.7 Å². The van der Waals surface area contributed by atoms with Crippen LogP contribution in [0.3, 0.4) is 0 Å². The van der Waals surface area contributed by atoms with Crippen molar-refractivity contribution in [2.75, 3.05) is 6.54 Å². The molecule has 1 amide bonds. The van der Waals surface area contributed by atoms with Gasteiger partial charge >= 0.3 is 5.69 Å². The number of aromatic nitrogens is 4. The molecule has 1 aliphatic rings. The number of amides is 1. The lowest BCUT2D eigenvalue weighted by Crippen LogP contribution is -2.36. The minimum atomic E-state index is -0.534. The summed E-state index contributed by atoms with van der Waals surface area (Å²) in [4.78, 5) is 43.1. The number of H-pyrrole nitrogens is 3. The zero-order valence-corrected chi connectivity index (χ0v) is 15.8. The highest BCUT2D eigenvalue weighted by molar-refractivity contribution is 5.94. The lowest BCUT2D eigenvalue weighted by molar-refractivity contribution is 0.0734. The van der Waals surface area contributed by atoms with Crippen molar-refractivity contribution in [2.45, 2.75) is 33.2 Å². The molecule has 4 rings (SSSR count). The molecule has 0 fully saturated rings. The third-order valence-corrected chi connectivity index (χ3v) is 5.19. The van der Waals surface area contributed by atoms with Crippen molar-refractivity contribution in [1.29, 1.82) is 0 Å². The highest BCUT2D eigenvalue weighted by atomic mass is 16.2. The molecule has 2 aromatic heterocycles. The van der Waals surface area contributed by atoms with Crippen LogP contribution < -0.4 is 11.2 Å². The third kappa shape index (κ3) is 3.06. The van der Waals surface area contributed by atoms with Crippen LogP contribution in [-0.4, -0.2) is 37.5 Å². The minimum absolute atomic E-state index is 0.0486.